The number of carbonyl (C=O) groups excluding carboxylic acids is 1. The second-order valence-electron chi connectivity index (χ2n) is 6.42. The van der Waals surface area contributed by atoms with Crippen LogP contribution in [0.25, 0.3) is 0 Å². The van der Waals surface area contributed by atoms with Crippen molar-refractivity contribution in [1.82, 2.24) is 0 Å². The zero-order chi connectivity index (χ0) is 16.4. The van der Waals surface area contributed by atoms with Crippen molar-refractivity contribution in [2.75, 3.05) is 0 Å². The number of hydrogen-bond acceptors (Lipinski definition) is 2. The minimum atomic E-state index is -0.0742. The molecule has 0 fully saturated rings. The van der Waals surface area contributed by atoms with Crippen LogP contribution in [-0.2, 0) is 4.79 Å². The Labute approximate surface area is 188 Å². The fraction of sp³-hybridized carbons (Fsp3) is 0.381. The smallest absolute Gasteiger partial charge is 0.870 e. The second-order valence-corrected chi connectivity index (χ2v) is 6.42. The first-order chi connectivity index (χ1) is 10.3. The van der Waals surface area contributed by atoms with Crippen molar-refractivity contribution in [3.05, 3.63) is 69.8 Å². The van der Waals surface area contributed by atoms with Crippen LogP contribution < -0.4 is 51.4 Å². The molecular weight excluding hydrogens is 323 g/mol. The summed E-state index contributed by atoms with van der Waals surface area (Å²) in [7, 11) is 0. The van der Waals surface area contributed by atoms with Crippen LogP contribution in [0.1, 0.15) is 59.1 Å². The summed E-state index contributed by atoms with van der Waals surface area (Å²) in [5.74, 6) is 0.145. The Morgan fingerprint density at radius 2 is 1.08 bits per heavy atom. The van der Waals surface area contributed by atoms with Gasteiger partial charge in [-0.25, -0.2) is 0 Å². The SMILES string of the molecule is Cc1cccc(C(C)C(=O)C(C)c2cccc(C)c2C)c1C.[K+].[OH-]. The van der Waals surface area contributed by atoms with Crippen LogP contribution in [0.2, 0.25) is 0 Å². The Morgan fingerprint density at radius 3 is 1.42 bits per heavy atom. The van der Waals surface area contributed by atoms with Crippen LogP contribution in [0.15, 0.2) is 36.4 Å². The van der Waals surface area contributed by atoms with E-state index in [1.165, 1.54) is 22.3 Å². The van der Waals surface area contributed by atoms with Gasteiger partial charge in [-0.3, -0.25) is 4.79 Å². The van der Waals surface area contributed by atoms with E-state index in [0.29, 0.717) is 5.78 Å². The number of carbonyl (C=O) groups is 1. The van der Waals surface area contributed by atoms with Gasteiger partial charge in [0.2, 0.25) is 0 Å². The molecule has 0 saturated heterocycles. The van der Waals surface area contributed by atoms with Crippen LogP contribution in [0, 0.1) is 27.7 Å². The summed E-state index contributed by atoms with van der Waals surface area (Å²) in [6, 6.07) is 12.5. The number of aryl methyl sites for hydroxylation is 2. The number of benzene rings is 2. The molecule has 2 nitrogen and oxygen atoms in total. The van der Waals surface area contributed by atoms with Gasteiger partial charge < -0.3 is 5.48 Å². The number of hydrogen-bond donors (Lipinski definition) is 0. The van der Waals surface area contributed by atoms with Gasteiger partial charge in [-0.1, -0.05) is 50.2 Å². The summed E-state index contributed by atoms with van der Waals surface area (Å²) in [5.41, 5.74) is 7.27. The molecule has 2 atom stereocenters. The maximum absolute atomic E-state index is 13.0. The minimum Gasteiger partial charge on any atom is -0.870 e. The minimum absolute atomic E-state index is 0. The zero-order valence-electron chi connectivity index (χ0n) is 16.0. The molecule has 0 spiro atoms. The fourth-order valence-electron chi connectivity index (χ4n) is 3.17. The van der Waals surface area contributed by atoms with Crippen molar-refractivity contribution in [3.8, 4) is 0 Å². The fourth-order valence-corrected chi connectivity index (χ4v) is 3.17. The standard InChI is InChI=1S/C21H26O.K.H2O/c1-13-9-7-11-19(15(13)3)17(5)21(22)18(6)20-12-8-10-14(2)16(20)4;;/h7-12,17-18H,1-6H3;;1H2/q;+1;/p-1. The van der Waals surface area contributed by atoms with Crippen LogP contribution in [0.3, 0.4) is 0 Å². The molecule has 0 aliphatic heterocycles. The van der Waals surface area contributed by atoms with E-state index >= 15 is 0 Å². The van der Waals surface area contributed by atoms with E-state index in [2.05, 4.69) is 52.0 Å². The van der Waals surface area contributed by atoms with Gasteiger partial charge in [0.1, 0.15) is 5.78 Å². The molecular formula is C21H27KO2. The third kappa shape index (κ3) is 4.87. The molecule has 2 unspecified atom stereocenters. The Hall–Kier alpha value is -0.294. The van der Waals surface area contributed by atoms with Crippen LogP contribution in [0.5, 0.6) is 0 Å². The maximum atomic E-state index is 13.0. The third-order valence-corrected chi connectivity index (χ3v) is 5.08. The van der Waals surface area contributed by atoms with Gasteiger partial charge in [-0.15, -0.1) is 0 Å². The molecule has 24 heavy (non-hydrogen) atoms. The molecule has 3 heteroatoms. The molecule has 1 N–H and O–H groups in total. The van der Waals surface area contributed by atoms with E-state index in [1.807, 2.05) is 26.0 Å². The van der Waals surface area contributed by atoms with Gasteiger partial charge in [0.15, 0.2) is 0 Å². The predicted molar refractivity (Wildman–Crippen MR) is 95.6 cm³/mol. The average molecular weight is 351 g/mol. The maximum Gasteiger partial charge on any atom is 1.00 e. The summed E-state index contributed by atoms with van der Waals surface area (Å²) in [6.07, 6.45) is 0. The van der Waals surface area contributed by atoms with E-state index in [9.17, 15) is 4.79 Å². The van der Waals surface area contributed by atoms with Crippen LogP contribution >= 0.6 is 0 Å². The quantitative estimate of drug-likeness (QED) is 0.794. The molecule has 2 aromatic rings. The Kier molecular flexibility index (Phi) is 9.88. The molecule has 0 bridgehead atoms. The first kappa shape index (κ1) is 23.7. The summed E-state index contributed by atoms with van der Waals surface area (Å²) in [5, 5.41) is 0. The van der Waals surface area contributed by atoms with Gasteiger partial charge in [0.25, 0.3) is 0 Å². The second kappa shape index (κ2) is 10.0. The molecule has 0 aliphatic rings. The van der Waals surface area contributed by atoms with E-state index in [4.69, 9.17) is 0 Å². The molecule has 0 amide bonds. The third-order valence-electron chi connectivity index (χ3n) is 5.08. The zero-order valence-corrected chi connectivity index (χ0v) is 19.1. The molecule has 0 saturated carbocycles. The summed E-state index contributed by atoms with van der Waals surface area (Å²) < 4.78 is 0. The van der Waals surface area contributed by atoms with Crippen molar-refractivity contribution < 1.29 is 61.7 Å². The summed E-state index contributed by atoms with van der Waals surface area (Å²) in [4.78, 5) is 13.0. The Morgan fingerprint density at radius 1 is 0.750 bits per heavy atom. The van der Waals surface area contributed by atoms with E-state index in [-0.39, 0.29) is 68.7 Å². The molecule has 2 rings (SSSR count). The predicted octanol–water partition coefficient (Wildman–Crippen LogP) is 2.22. The van der Waals surface area contributed by atoms with Crippen molar-refractivity contribution in [2.45, 2.75) is 53.4 Å². The van der Waals surface area contributed by atoms with E-state index in [0.717, 1.165) is 11.1 Å². The van der Waals surface area contributed by atoms with Gasteiger partial charge in [0, 0.05) is 11.8 Å². The Balaban J connectivity index is 0.00000264. The molecule has 0 radical (unpaired) electrons. The summed E-state index contributed by atoms with van der Waals surface area (Å²) >= 11 is 0. The van der Waals surface area contributed by atoms with Gasteiger partial charge >= 0.3 is 51.4 Å². The number of rotatable bonds is 4. The van der Waals surface area contributed by atoms with Crippen LogP contribution in [0.4, 0.5) is 0 Å². The first-order valence-electron chi connectivity index (χ1n) is 8.00. The molecule has 0 aromatic heterocycles. The van der Waals surface area contributed by atoms with Gasteiger partial charge in [-0.2, -0.15) is 0 Å². The number of Topliss-reactive ketones (excluding diaryl/α,β-unsaturated/α-hetero) is 1. The molecule has 2 aromatic carbocycles. The molecule has 124 valence electrons. The van der Waals surface area contributed by atoms with Crippen molar-refractivity contribution in [2.24, 2.45) is 0 Å². The Bertz CT molecular complexity index is 647. The summed E-state index contributed by atoms with van der Waals surface area (Å²) in [6.45, 7) is 12.5. The van der Waals surface area contributed by atoms with Crippen molar-refractivity contribution >= 4 is 5.78 Å². The van der Waals surface area contributed by atoms with Crippen molar-refractivity contribution in [1.29, 1.82) is 0 Å². The van der Waals surface area contributed by atoms with Gasteiger partial charge in [0.05, 0.1) is 0 Å². The molecule has 0 aliphatic carbocycles. The molecule has 0 heterocycles. The van der Waals surface area contributed by atoms with E-state index < -0.39 is 0 Å². The first-order valence-corrected chi connectivity index (χ1v) is 8.00. The normalized spacial score (nSPS) is 12.6. The topological polar surface area (TPSA) is 47.1 Å². The van der Waals surface area contributed by atoms with Crippen LogP contribution in [-0.4, -0.2) is 11.3 Å². The monoisotopic (exact) mass is 350 g/mol. The van der Waals surface area contributed by atoms with E-state index in [1.54, 1.807) is 0 Å². The largest absolute Gasteiger partial charge is 1.00 e. The van der Waals surface area contributed by atoms with Gasteiger partial charge in [-0.05, 0) is 61.1 Å². The average Bonchev–Trinajstić information content (AvgIpc) is 2.50. The van der Waals surface area contributed by atoms with Crippen molar-refractivity contribution in [3.63, 3.8) is 0 Å². The number of ketones is 1.